The number of ether oxygens (including phenoxy) is 1. The molecule has 0 spiro atoms. The normalized spacial score (nSPS) is 21.2. The Labute approximate surface area is 110 Å². The van der Waals surface area contributed by atoms with Crippen molar-refractivity contribution in [1.82, 2.24) is 15.5 Å². The molecule has 2 N–H and O–H groups in total. The molecule has 5 heteroatoms. The monoisotopic (exact) mass is 257 g/mol. The van der Waals surface area contributed by atoms with Crippen LogP contribution in [0, 0.1) is 0 Å². The van der Waals surface area contributed by atoms with E-state index in [1.165, 1.54) is 0 Å². The molecule has 1 aliphatic heterocycles. The lowest BCUT2D eigenvalue weighted by Gasteiger charge is -2.32. The van der Waals surface area contributed by atoms with Crippen molar-refractivity contribution in [3.63, 3.8) is 0 Å². The lowest BCUT2D eigenvalue weighted by atomic mass is 10.2. The maximum Gasteiger partial charge on any atom is 0.221 e. The Balaban J connectivity index is 2.05. The van der Waals surface area contributed by atoms with Crippen LogP contribution in [0.3, 0.4) is 0 Å². The zero-order chi connectivity index (χ0) is 13.4. The van der Waals surface area contributed by atoms with E-state index in [0.717, 1.165) is 32.8 Å². The molecular formula is C13H27N3O2. The lowest BCUT2D eigenvalue weighted by Crippen LogP contribution is -2.46. The summed E-state index contributed by atoms with van der Waals surface area (Å²) in [5.74, 6) is 0.109. The number of hydrogen-bond donors (Lipinski definition) is 2. The summed E-state index contributed by atoms with van der Waals surface area (Å²) in [6, 6.07) is 0.220. The van der Waals surface area contributed by atoms with Crippen LogP contribution in [-0.2, 0) is 9.53 Å². The zero-order valence-electron chi connectivity index (χ0n) is 11.9. The first-order valence-corrected chi connectivity index (χ1v) is 6.95. The highest BCUT2D eigenvalue weighted by Crippen LogP contribution is 2.03. The number of hydrogen-bond acceptors (Lipinski definition) is 4. The van der Waals surface area contributed by atoms with E-state index in [1.54, 1.807) is 0 Å². The fraction of sp³-hybridized carbons (Fsp3) is 0.923. The average molecular weight is 257 g/mol. The quantitative estimate of drug-likeness (QED) is 0.640. The number of rotatable bonds is 7. The second-order valence-electron chi connectivity index (χ2n) is 5.06. The number of amides is 1. The van der Waals surface area contributed by atoms with Gasteiger partial charge in [-0.2, -0.15) is 0 Å². The van der Waals surface area contributed by atoms with Crippen molar-refractivity contribution in [2.45, 2.75) is 39.3 Å². The smallest absolute Gasteiger partial charge is 0.221 e. The van der Waals surface area contributed by atoms with Crippen molar-refractivity contribution < 1.29 is 9.53 Å². The van der Waals surface area contributed by atoms with E-state index < -0.39 is 0 Å². The molecule has 1 rings (SSSR count). The molecule has 1 fully saturated rings. The minimum atomic E-state index is 0.109. The molecular weight excluding hydrogens is 230 g/mol. The molecule has 1 aliphatic rings. The highest BCUT2D eigenvalue weighted by molar-refractivity contribution is 5.76. The number of carbonyl (C=O) groups is 1. The third-order valence-electron chi connectivity index (χ3n) is 3.02. The van der Waals surface area contributed by atoms with Gasteiger partial charge in [-0.3, -0.25) is 9.69 Å². The second kappa shape index (κ2) is 8.45. The molecule has 0 aromatic carbocycles. The van der Waals surface area contributed by atoms with Gasteiger partial charge in [-0.1, -0.05) is 6.92 Å². The van der Waals surface area contributed by atoms with Crippen LogP contribution in [0.1, 0.15) is 27.2 Å². The Hall–Kier alpha value is -0.650. The predicted molar refractivity (Wildman–Crippen MR) is 72.6 cm³/mol. The van der Waals surface area contributed by atoms with E-state index in [2.05, 4.69) is 22.5 Å². The molecule has 0 aliphatic carbocycles. The maximum atomic E-state index is 11.4. The first kappa shape index (κ1) is 15.4. The minimum absolute atomic E-state index is 0.109. The number of likely N-dealkylation sites (N-methyl/N-ethyl adjacent to an activating group) is 1. The van der Waals surface area contributed by atoms with Crippen molar-refractivity contribution in [3.05, 3.63) is 0 Å². The van der Waals surface area contributed by atoms with E-state index in [4.69, 9.17) is 4.74 Å². The van der Waals surface area contributed by atoms with Gasteiger partial charge in [-0.25, -0.2) is 0 Å². The summed E-state index contributed by atoms with van der Waals surface area (Å²) in [6.45, 7) is 11.6. The predicted octanol–water partition coefficient (Wildman–Crippen LogP) is 0.211. The van der Waals surface area contributed by atoms with Crippen molar-refractivity contribution in [3.8, 4) is 0 Å². The Morgan fingerprint density at radius 3 is 2.94 bits per heavy atom. The molecule has 106 valence electrons. The van der Waals surface area contributed by atoms with Crippen molar-refractivity contribution in [1.29, 1.82) is 0 Å². The van der Waals surface area contributed by atoms with Crippen LogP contribution in [-0.4, -0.2) is 62.3 Å². The van der Waals surface area contributed by atoms with Crippen LogP contribution in [0.25, 0.3) is 0 Å². The van der Waals surface area contributed by atoms with Crippen LogP contribution < -0.4 is 10.6 Å². The summed E-state index contributed by atoms with van der Waals surface area (Å²) >= 11 is 0. The van der Waals surface area contributed by atoms with Gasteiger partial charge in [0.2, 0.25) is 5.91 Å². The first-order chi connectivity index (χ1) is 8.61. The van der Waals surface area contributed by atoms with Gasteiger partial charge >= 0.3 is 0 Å². The first-order valence-electron chi connectivity index (χ1n) is 6.95. The summed E-state index contributed by atoms with van der Waals surface area (Å²) in [5.41, 5.74) is 0. The molecule has 0 aromatic heterocycles. The van der Waals surface area contributed by atoms with E-state index in [0.29, 0.717) is 13.0 Å². The van der Waals surface area contributed by atoms with Gasteiger partial charge in [0, 0.05) is 38.6 Å². The SMILES string of the molecule is CCN1CCOC(CNCCC(=O)NC(C)C)C1. The van der Waals surface area contributed by atoms with Crippen LogP contribution in [0.2, 0.25) is 0 Å². The molecule has 1 atom stereocenters. The standard InChI is InChI=1S/C13H27N3O2/c1-4-16-7-8-18-12(10-16)9-14-6-5-13(17)15-11(2)3/h11-12,14H,4-10H2,1-3H3,(H,15,17). The highest BCUT2D eigenvalue weighted by atomic mass is 16.5. The van der Waals surface area contributed by atoms with Gasteiger partial charge in [0.1, 0.15) is 0 Å². The maximum absolute atomic E-state index is 11.4. The largest absolute Gasteiger partial charge is 0.374 e. The third kappa shape index (κ3) is 6.33. The summed E-state index contributed by atoms with van der Waals surface area (Å²) in [4.78, 5) is 13.8. The van der Waals surface area contributed by atoms with Gasteiger partial charge in [0.25, 0.3) is 0 Å². The van der Waals surface area contributed by atoms with Crippen LogP contribution in [0.15, 0.2) is 0 Å². The molecule has 5 nitrogen and oxygen atoms in total. The zero-order valence-corrected chi connectivity index (χ0v) is 11.9. The van der Waals surface area contributed by atoms with E-state index in [9.17, 15) is 4.79 Å². The molecule has 0 bridgehead atoms. The number of carbonyl (C=O) groups excluding carboxylic acids is 1. The molecule has 1 unspecified atom stereocenters. The fourth-order valence-corrected chi connectivity index (χ4v) is 2.05. The minimum Gasteiger partial charge on any atom is -0.374 e. The van der Waals surface area contributed by atoms with Gasteiger partial charge < -0.3 is 15.4 Å². The number of morpholine rings is 1. The van der Waals surface area contributed by atoms with Crippen molar-refractivity contribution >= 4 is 5.91 Å². The average Bonchev–Trinajstić information content (AvgIpc) is 2.34. The number of nitrogens with one attached hydrogen (secondary N) is 2. The van der Waals surface area contributed by atoms with Crippen molar-refractivity contribution in [2.24, 2.45) is 0 Å². The van der Waals surface area contributed by atoms with Crippen molar-refractivity contribution in [2.75, 3.05) is 39.3 Å². The Morgan fingerprint density at radius 2 is 2.28 bits per heavy atom. The molecule has 1 saturated heterocycles. The van der Waals surface area contributed by atoms with Crippen LogP contribution in [0.4, 0.5) is 0 Å². The van der Waals surface area contributed by atoms with Gasteiger partial charge in [-0.05, 0) is 20.4 Å². The molecule has 1 amide bonds. The molecule has 0 saturated carbocycles. The van der Waals surface area contributed by atoms with Gasteiger partial charge in [0.05, 0.1) is 12.7 Å². The summed E-state index contributed by atoms with van der Waals surface area (Å²) in [5, 5.41) is 6.17. The van der Waals surface area contributed by atoms with Gasteiger partial charge in [0.15, 0.2) is 0 Å². The molecule has 18 heavy (non-hydrogen) atoms. The summed E-state index contributed by atoms with van der Waals surface area (Å²) in [6.07, 6.45) is 0.787. The summed E-state index contributed by atoms with van der Waals surface area (Å²) in [7, 11) is 0. The number of nitrogens with zero attached hydrogens (tertiary/aromatic N) is 1. The Morgan fingerprint density at radius 1 is 1.50 bits per heavy atom. The third-order valence-corrected chi connectivity index (χ3v) is 3.02. The van der Waals surface area contributed by atoms with E-state index in [1.807, 2.05) is 13.8 Å². The van der Waals surface area contributed by atoms with E-state index in [-0.39, 0.29) is 18.1 Å². The lowest BCUT2D eigenvalue weighted by molar-refractivity contribution is -0.121. The van der Waals surface area contributed by atoms with E-state index >= 15 is 0 Å². The van der Waals surface area contributed by atoms with Crippen LogP contribution >= 0.6 is 0 Å². The molecule has 0 aromatic rings. The van der Waals surface area contributed by atoms with Gasteiger partial charge in [-0.15, -0.1) is 0 Å². The summed E-state index contributed by atoms with van der Waals surface area (Å²) < 4.78 is 5.68. The highest BCUT2D eigenvalue weighted by Gasteiger charge is 2.18. The second-order valence-corrected chi connectivity index (χ2v) is 5.06. The molecule has 1 heterocycles. The van der Waals surface area contributed by atoms with Crippen LogP contribution in [0.5, 0.6) is 0 Å². The topological polar surface area (TPSA) is 53.6 Å². The Kier molecular flexibility index (Phi) is 7.23. The Bertz CT molecular complexity index is 246. The fourth-order valence-electron chi connectivity index (χ4n) is 2.05. The molecule has 0 radical (unpaired) electrons.